The maximum Gasteiger partial charge on any atom is 0.0400 e. The minimum absolute atomic E-state index is 0.881. The Morgan fingerprint density at radius 2 is 1.65 bits per heavy atom. The summed E-state index contributed by atoms with van der Waals surface area (Å²) in [5.41, 5.74) is 6.45. The van der Waals surface area contributed by atoms with Crippen LogP contribution in [0.2, 0.25) is 0 Å². The van der Waals surface area contributed by atoms with Crippen molar-refractivity contribution >= 4 is 5.69 Å². The van der Waals surface area contributed by atoms with Gasteiger partial charge in [0.05, 0.1) is 0 Å². The third kappa shape index (κ3) is 3.10. The van der Waals surface area contributed by atoms with Crippen LogP contribution in [0.5, 0.6) is 0 Å². The van der Waals surface area contributed by atoms with Crippen molar-refractivity contribution in [2.24, 2.45) is 0 Å². The van der Waals surface area contributed by atoms with E-state index in [1.54, 1.807) is 0 Å². The number of anilines is 1. The molecule has 0 bridgehead atoms. The van der Waals surface area contributed by atoms with Gasteiger partial charge in [-0.15, -0.1) is 0 Å². The first-order valence-electron chi connectivity index (χ1n) is 6.02. The molecule has 1 N–H and O–H groups in total. The van der Waals surface area contributed by atoms with Gasteiger partial charge in [-0.3, -0.25) is 0 Å². The van der Waals surface area contributed by atoms with E-state index in [4.69, 9.17) is 0 Å². The summed E-state index contributed by atoms with van der Waals surface area (Å²) in [6.07, 6.45) is 0. The lowest BCUT2D eigenvalue weighted by Crippen LogP contribution is -2.01. The Balaban J connectivity index is 2.09. The zero-order valence-electron chi connectivity index (χ0n) is 10.7. The Kier molecular flexibility index (Phi) is 3.48. The van der Waals surface area contributed by atoms with Gasteiger partial charge in [0.25, 0.3) is 0 Å². The maximum atomic E-state index is 3.50. The van der Waals surface area contributed by atoms with E-state index in [-0.39, 0.29) is 0 Å². The second kappa shape index (κ2) is 5.05. The summed E-state index contributed by atoms with van der Waals surface area (Å²) in [6.45, 7) is 7.27. The van der Waals surface area contributed by atoms with E-state index in [2.05, 4.69) is 68.6 Å². The molecule has 0 saturated carbocycles. The largest absolute Gasteiger partial charge is 0.381 e. The van der Waals surface area contributed by atoms with Gasteiger partial charge in [-0.05, 0) is 43.5 Å². The van der Waals surface area contributed by atoms with E-state index < -0.39 is 0 Å². The summed E-state index contributed by atoms with van der Waals surface area (Å²) in [7, 11) is 0. The molecule has 0 unspecified atom stereocenters. The van der Waals surface area contributed by atoms with Crippen molar-refractivity contribution in [3.8, 4) is 0 Å². The molecule has 0 atom stereocenters. The molecule has 17 heavy (non-hydrogen) atoms. The zero-order valence-corrected chi connectivity index (χ0v) is 10.7. The minimum atomic E-state index is 0.881. The van der Waals surface area contributed by atoms with Crippen LogP contribution in [0.15, 0.2) is 42.5 Å². The van der Waals surface area contributed by atoms with Crippen molar-refractivity contribution < 1.29 is 0 Å². The summed E-state index contributed by atoms with van der Waals surface area (Å²) >= 11 is 0. The molecule has 0 aliphatic heterocycles. The van der Waals surface area contributed by atoms with Crippen molar-refractivity contribution in [2.75, 3.05) is 5.32 Å². The average molecular weight is 225 g/mol. The minimum Gasteiger partial charge on any atom is -0.381 e. The zero-order chi connectivity index (χ0) is 12.3. The second-order valence-corrected chi connectivity index (χ2v) is 4.66. The van der Waals surface area contributed by atoms with Crippen LogP contribution in [-0.2, 0) is 6.54 Å². The van der Waals surface area contributed by atoms with Gasteiger partial charge in [0.1, 0.15) is 0 Å². The van der Waals surface area contributed by atoms with Gasteiger partial charge < -0.3 is 5.32 Å². The molecule has 0 radical (unpaired) electrons. The predicted molar refractivity (Wildman–Crippen MR) is 74.4 cm³/mol. The molecule has 1 heteroatoms. The summed E-state index contributed by atoms with van der Waals surface area (Å²) in [5, 5.41) is 3.50. The smallest absolute Gasteiger partial charge is 0.0400 e. The van der Waals surface area contributed by atoms with Crippen LogP contribution in [0.25, 0.3) is 0 Å². The quantitative estimate of drug-likeness (QED) is 0.824. The molecule has 0 fully saturated rings. The second-order valence-electron chi connectivity index (χ2n) is 4.66. The molecule has 0 heterocycles. The van der Waals surface area contributed by atoms with Crippen LogP contribution in [0.1, 0.15) is 22.3 Å². The number of rotatable bonds is 3. The number of hydrogen-bond donors (Lipinski definition) is 1. The van der Waals surface area contributed by atoms with E-state index in [0.717, 1.165) is 6.54 Å². The standard InChI is InChI=1S/C16H19N/c1-12-5-4-6-15(9-12)11-17-16-10-13(2)7-8-14(16)3/h4-10,17H,11H2,1-3H3. The fourth-order valence-electron chi connectivity index (χ4n) is 1.95. The Morgan fingerprint density at radius 3 is 2.41 bits per heavy atom. The Hall–Kier alpha value is -1.76. The van der Waals surface area contributed by atoms with Gasteiger partial charge in [-0.2, -0.15) is 0 Å². The van der Waals surface area contributed by atoms with E-state index >= 15 is 0 Å². The van der Waals surface area contributed by atoms with Crippen molar-refractivity contribution in [1.29, 1.82) is 0 Å². The molecule has 0 aliphatic rings. The monoisotopic (exact) mass is 225 g/mol. The molecule has 0 aliphatic carbocycles. The highest BCUT2D eigenvalue weighted by Gasteiger charge is 1.98. The molecule has 1 nitrogen and oxygen atoms in total. The lowest BCUT2D eigenvalue weighted by atomic mass is 10.1. The third-order valence-corrected chi connectivity index (χ3v) is 2.96. The highest BCUT2D eigenvalue weighted by Crippen LogP contribution is 2.17. The highest BCUT2D eigenvalue weighted by molar-refractivity contribution is 5.52. The molecular formula is C16H19N. The molecule has 88 valence electrons. The molecular weight excluding hydrogens is 206 g/mol. The van der Waals surface area contributed by atoms with E-state index in [0.29, 0.717) is 0 Å². The number of benzene rings is 2. The van der Waals surface area contributed by atoms with Gasteiger partial charge in [0, 0.05) is 12.2 Å². The molecule has 0 saturated heterocycles. The Bertz CT molecular complexity index is 515. The SMILES string of the molecule is Cc1cccc(CNc2cc(C)ccc2C)c1. The van der Waals surface area contributed by atoms with Gasteiger partial charge in [-0.1, -0.05) is 42.0 Å². The Morgan fingerprint density at radius 1 is 0.882 bits per heavy atom. The molecule has 0 amide bonds. The van der Waals surface area contributed by atoms with Crippen molar-refractivity contribution in [1.82, 2.24) is 0 Å². The van der Waals surface area contributed by atoms with Gasteiger partial charge in [0.15, 0.2) is 0 Å². The topological polar surface area (TPSA) is 12.0 Å². The third-order valence-electron chi connectivity index (χ3n) is 2.96. The predicted octanol–water partition coefficient (Wildman–Crippen LogP) is 4.22. The van der Waals surface area contributed by atoms with E-state index in [1.165, 1.54) is 27.9 Å². The van der Waals surface area contributed by atoms with Gasteiger partial charge in [0.2, 0.25) is 0 Å². The summed E-state index contributed by atoms with van der Waals surface area (Å²) < 4.78 is 0. The molecule has 0 spiro atoms. The fraction of sp³-hybridized carbons (Fsp3) is 0.250. The number of aryl methyl sites for hydroxylation is 3. The first-order valence-corrected chi connectivity index (χ1v) is 6.02. The fourth-order valence-corrected chi connectivity index (χ4v) is 1.95. The summed E-state index contributed by atoms with van der Waals surface area (Å²) in [5.74, 6) is 0. The van der Waals surface area contributed by atoms with E-state index in [9.17, 15) is 0 Å². The van der Waals surface area contributed by atoms with Crippen molar-refractivity contribution in [3.05, 3.63) is 64.7 Å². The first kappa shape index (κ1) is 11.7. The van der Waals surface area contributed by atoms with Gasteiger partial charge in [-0.25, -0.2) is 0 Å². The van der Waals surface area contributed by atoms with Crippen LogP contribution in [0.3, 0.4) is 0 Å². The van der Waals surface area contributed by atoms with E-state index in [1.807, 2.05) is 0 Å². The van der Waals surface area contributed by atoms with Gasteiger partial charge >= 0.3 is 0 Å². The van der Waals surface area contributed by atoms with Crippen LogP contribution in [0.4, 0.5) is 5.69 Å². The average Bonchev–Trinajstić information content (AvgIpc) is 2.30. The van der Waals surface area contributed by atoms with Crippen LogP contribution in [-0.4, -0.2) is 0 Å². The maximum absolute atomic E-state index is 3.50. The van der Waals surface area contributed by atoms with Crippen molar-refractivity contribution in [2.45, 2.75) is 27.3 Å². The molecule has 0 aromatic heterocycles. The highest BCUT2D eigenvalue weighted by atomic mass is 14.9. The first-order chi connectivity index (χ1) is 8.15. The molecule has 2 aromatic carbocycles. The number of hydrogen-bond acceptors (Lipinski definition) is 1. The van der Waals surface area contributed by atoms with Crippen LogP contribution < -0.4 is 5.32 Å². The van der Waals surface area contributed by atoms with Crippen LogP contribution >= 0.6 is 0 Å². The molecule has 2 aromatic rings. The van der Waals surface area contributed by atoms with Crippen LogP contribution in [0, 0.1) is 20.8 Å². The van der Waals surface area contributed by atoms with Crippen molar-refractivity contribution in [3.63, 3.8) is 0 Å². The summed E-state index contributed by atoms with van der Waals surface area (Å²) in [4.78, 5) is 0. The lowest BCUT2D eigenvalue weighted by Gasteiger charge is -2.11. The molecule has 2 rings (SSSR count). The lowest BCUT2D eigenvalue weighted by molar-refractivity contribution is 1.13. The Labute approximate surface area is 103 Å². The summed E-state index contributed by atoms with van der Waals surface area (Å²) in [6, 6.07) is 15.1. The number of nitrogens with one attached hydrogen (secondary N) is 1. The normalized spacial score (nSPS) is 10.3.